The topological polar surface area (TPSA) is 348 Å². The highest BCUT2D eigenvalue weighted by molar-refractivity contribution is 5.98. The van der Waals surface area contributed by atoms with Crippen LogP contribution in [0.4, 0.5) is 0 Å². The van der Waals surface area contributed by atoms with Crippen molar-refractivity contribution in [3.05, 3.63) is 0 Å². The van der Waals surface area contributed by atoms with E-state index >= 15 is 0 Å². The maximum atomic E-state index is 14.2. The van der Waals surface area contributed by atoms with Gasteiger partial charge in [0.2, 0.25) is 53.2 Å². The number of nitrogens with two attached hydrogens (primary N) is 1. The predicted molar refractivity (Wildman–Crippen MR) is 261 cm³/mol. The van der Waals surface area contributed by atoms with E-state index in [1.165, 1.54) is 9.80 Å². The highest BCUT2D eigenvalue weighted by Crippen LogP contribution is 2.24. The zero-order chi connectivity index (χ0) is 53.9. The molecular weight excluding hydrogens is 925 g/mol. The zero-order valence-corrected chi connectivity index (χ0v) is 43.4. The normalized spacial score (nSPS) is 19.6. The van der Waals surface area contributed by atoms with Crippen LogP contribution >= 0.6 is 0 Å². The second kappa shape index (κ2) is 29.8. The van der Waals surface area contributed by atoms with Gasteiger partial charge in [0.1, 0.15) is 54.4 Å². The van der Waals surface area contributed by atoms with Crippen LogP contribution in [0.1, 0.15) is 127 Å². The smallest absolute Gasteiger partial charge is 0.326 e. The highest BCUT2D eigenvalue weighted by Gasteiger charge is 2.42. The van der Waals surface area contributed by atoms with E-state index in [0.717, 1.165) is 0 Å². The molecule has 0 aliphatic carbocycles. The number of carbonyl (C=O) groups excluding carboxylic acids is 9. The lowest BCUT2D eigenvalue weighted by atomic mass is 9.94. The maximum absolute atomic E-state index is 14.2. The first-order chi connectivity index (χ1) is 33.3. The first-order valence-corrected chi connectivity index (χ1v) is 25.2. The van der Waals surface area contributed by atoms with Crippen LogP contribution in [0.15, 0.2) is 0 Å². The number of rotatable bonds is 29. The minimum absolute atomic E-state index is 0.0809. The van der Waals surface area contributed by atoms with Gasteiger partial charge in [0, 0.05) is 13.1 Å². The van der Waals surface area contributed by atoms with Crippen molar-refractivity contribution in [3.63, 3.8) is 0 Å². The lowest BCUT2D eigenvalue weighted by molar-refractivity contribution is -0.144. The third-order valence-corrected chi connectivity index (χ3v) is 13.0. The molecule has 0 aromatic carbocycles. The fraction of sp³-hybridized carbons (Fsp3) is 0.792. The van der Waals surface area contributed by atoms with Gasteiger partial charge in [-0.1, -0.05) is 82.1 Å². The molecule has 2 aliphatic heterocycles. The predicted octanol–water partition coefficient (Wildman–Crippen LogP) is -1.38. The number of nitrogens with one attached hydrogen (secondary N) is 7. The Morgan fingerprint density at radius 2 is 1.00 bits per heavy atom. The van der Waals surface area contributed by atoms with Crippen LogP contribution in [0.3, 0.4) is 0 Å². The van der Waals surface area contributed by atoms with Crippen molar-refractivity contribution in [2.24, 2.45) is 35.3 Å². The van der Waals surface area contributed by atoms with Gasteiger partial charge in [0.05, 0.1) is 19.8 Å². The van der Waals surface area contributed by atoms with Crippen molar-refractivity contribution < 1.29 is 63.3 Å². The fourth-order valence-corrected chi connectivity index (χ4v) is 8.58. The number of nitrogens with zero attached hydrogens (tertiary/aromatic N) is 2. The maximum Gasteiger partial charge on any atom is 0.326 e. The Hall–Kier alpha value is -5.42. The number of carbonyl (C=O) groups is 10. The van der Waals surface area contributed by atoms with Crippen molar-refractivity contribution in [1.82, 2.24) is 47.0 Å². The van der Waals surface area contributed by atoms with E-state index in [4.69, 9.17) is 5.73 Å². The van der Waals surface area contributed by atoms with E-state index in [1.54, 1.807) is 27.7 Å². The molecule has 2 heterocycles. The number of aliphatic carboxylic acids is 1. The Morgan fingerprint density at radius 1 is 0.535 bits per heavy atom. The van der Waals surface area contributed by atoms with Gasteiger partial charge >= 0.3 is 5.97 Å². The standard InChI is InChI=1S/C48H84N10O13/c1-11-28(9)38(55-40(62)30(49)23-59)45(67)56-39(29(10)12-2)47(69)58-18-13-15-35(58)43(65)50-22-37(61)51-32(20-26(5)6)46(68)57-17-14-16-36(57)44(66)52-31(19-25(3)4)41(63)54-34(24-60)42(64)53-33(48(70)71)21-27(7)8/h25-36,38-39,59-60H,11-24,49H2,1-10H3,(H,50,65)(H,51,61)(H,52,66)(H,53,64)(H,54,63)(H,55,62)(H,56,67)(H,70,71)/t28-,29-,30-,31-,32-,33-,34-,35-,36-,38-,39-/m0/s1. The molecule has 2 aliphatic rings. The number of carboxylic acid groups (broad SMARTS) is 1. The van der Waals surface area contributed by atoms with Crippen LogP contribution in [0.2, 0.25) is 0 Å². The van der Waals surface area contributed by atoms with Gasteiger partial charge in [-0.15, -0.1) is 0 Å². The van der Waals surface area contributed by atoms with E-state index < -0.39 is 133 Å². The van der Waals surface area contributed by atoms with E-state index in [1.807, 2.05) is 41.5 Å². The van der Waals surface area contributed by atoms with Gasteiger partial charge < -0.3 is 68.1 Å². The minimum atomic E-state index is -1.52. The molecule has 404 valence electrons. The molecule has 0 unspecified atom stereocenters. The number of carboxylic acids is 1. The summed E-state index contributed by atoms with van der Waals surface area (Å²) >= 11 is 0. The minimum Gasteiger partial charge on any atom is -0.480 e. The quantitative estimate of drug-likeness (QED) is 0.0412. The highest BCUT2D eigenvalue weighted by atomic mass is 16.4. The second-order valence-electron chi connectivity index (χ2n) is 20.3. The number of aliphatic hydroxyl groups excluding tert-OH is 2. The number of likely N-dealkylation sites (tertiary alicyclic amines) is 2. The molecule has 0 aromatic heterocycles. The molecule has 71 heavy (non-hydrogen) atoms. The van der Waals surface area contributed by atoms with Crippen LogP contribution in [-0.2, 0) is 47.9 Å². The molecule has 9 amide bonds. The van der Waals surface area contributed by atoms with Crippen molar-refractivity contribution in [1.29, 1.82) is 0 Å². The summed E-state index contributed by atoms with van der Waals surface area (Å²) in [7, 11) is 0. The Bertz CT molecular complexity index is 1850. The molecule has 2 rings (SSSR count). The van der Waals surface area contributed by atoms with Gasteiger partial charge in [-0.25, -0.2) is 4.79 Å². The molecule has 0 saturated carbocycles. The van der Waals surface area contributed by atoms with E-state index in [-0.39, 0.29) is 74.8 Å². The van der Waals surface area contributed by atoms with Crippen molar-refractivity contribution in [2.75, 3.05) is 32.8 Å². The number of hydrogen-bond donors (Lipinski definition) is 11. The summed E-state index contributed by atoms with van der Waals surface area (Å²) in [5.74, 6) is -8.44. The van der Waals surface area contributed by atoms with E-state index in [2.05, 4.69) is 37.2 Å². The van der Waals surface area contributed by atoms with Crippen LogP contribution in [0.5, 0.6) is 0 Å². The Morgan fingerprint density at radius 3 is 1.51 bits per heavy atom. The number of hydrogen-bond acceptors (Lipinski definition) is 13. The molecule has 12 N–H and O–H groups in total. The molecule has 11 atom stereocenters. The van der Waals surface area contributed by atoms with E-state index in [9.17, 15) is 63.3 Å². The van der Waals surface area contributed by atoms with Gasteiger partial charge in [0.25, 0.3) is 0 Å². The number of aliphatic hydroxyl groups is 2. The van der Waals surface area contributed by atoms with Gasteiger partial charge in [-0.2, -0.15) is 0 Å². The lowest BCUT2D eigenvalue weighted by Gasteiger charge is -2.33. The third-order valence-electron chi connectivity index (χ3n) is 13.0. The van der Waals surface area contributed by atoms with Crippen molar-refractivity contribution in [3.8, 4) is 0 Å². The molecule has 0 radical (unpaired) electrons. The largest absolute Gasteiger partial charge is 0.480 e. The Kier molecular flexibility index (Phi) is 25.9. The van der Waals surface area contributed by atoms with Crippen molar-refractivity contribution in [2.45, 2.75) is 181 Å². The SMILES string of the molecule is CC[C@H](C)[C@H](NC(=O)[C@@H](N)CO)C(=O)N[C@H](C(=O)N1CCC[C@H]1C(=O)NCC(=O)N[C@@H](CC(C)C)C(=O)N1CCC[C@H]1C(=O)N[C@@H](CC(C)C)C(=O)N[C@@H](CO)C(=O)N[C@@H](CC(C)C)C(=O)O)[C@@H](C)CC. The first kappa shape index (κ1) is 61.7. The molecule has 0 spiro atoms. The molecule has 23 nitrogen and oxygen atoms in total. The monoisotopic (exact) mass is 1010 g/mol. The average molecular weight is 1010 g/mol. The van der Waals surface area contributed by atoms with Gasteiger partial charge in [0.15, 0.2) is 0 Å². The number of amides is 9. The molecular formula is C48H84N10O13. The molecule has 2 fully saturated rings. The molecule has 0 bridgehead atoms. The first-order valence-electron chi connectivity index (χ1n) is 25.2. The summed E-state index contributed by atoms with van der Waals surface area (Å²) in [4.78, 5) is 137. The second-order valence-corrected chi connectivity index (χ2v) is 20.3. The average Bonchev–Trinajstić information content (AvgIpc) is 4.02. The third kappa shape index (κ3) is 18.9. The van der Waals surface area contributed by atoms with Crippen LogP contribution in [-0.4, -0.2) is 171 Å². The summed E-state index contributed by atoms with van der Waals surface area (Å²) in [5.41, 5.74) is 5.68. The fourth-order valence-electron chi connectivity index (χ4n) is 8.58. The zero-order valence-electron chi connectivity index (χ0n) is 43.4. The molecule has 23 heteroatoms. The summed E-state index contributed by atoms with van der Waals surface area (Å²) in [6, 6.07) is -10.5. The van der Waals surface area contributed by atoms with Crippen LogP contribution < -0.4 is 43.0 Å². The Labute approximate surface area is 418 Å². The summed E-state index contributed by atoms with van der Waals surface area (Å²) in [6.45, 7) is 16.4. The van der Waals surface area contributed by atoms with Crippen LogP contribution in [0, 0.1) is 29.6 Å². The molecule has 2 saturated heterocycles. The Balaban J connectivity index is 2.19. The van der Waals surface area contributed by atoms with Crippen LogP contribution in [0.25, 0.3) is 0 Å². The summed E-state index contributed by atoms with van der Waals surface area (Å²) < 4.78 is 0. The van der Waals surface area contributed by atoms with E-state index in [0.29, 0.717) is 25.7 Å². The summed E-state index contributed by atoms with van der Waals surface area (Å²) in [5, 5.41) is 47.1. The summed E-state index contributed by atoms with van der Waals surface area (Å²) in [6.07, 6.45) is 2.80. The lowest BCUT2D eigenvalue weighted by Crippen LogP contribution is -2.60. The van der Waals surface area contributed by atoms with Crippen molar-refractivity contribution >= 4 is 59.1 Å². The molecule has 0 aromatic rings. The van der Waals surface area contributed by atoms with Gasteiger partial charge in [-0.3, -0.25) is 43.2 Å². The van der Waals surface area contributed by atoms with Gasteiger partial charge in [-0.05, 0) is 74.5 Å².